The Morgan fingerprint density at radius 2 is 2.15 bits per heavy atom. The van der Waals surface area contributed by atoms with Gasteiger partial charge in [0.05, 0.1) is 17.8 Å². The molecule has 1 saturated heterocycles. The van der Waals surface area contributed by atoms with Gasteiger partial charge in [-0.15, -0.1) is 0 Å². The number of hydrogen-bond acceptors (Lipinski definition) is 5. The van der Waals surface area contributed by atoms with E-state index in [1.165, 1.54) is 6.33 Å². The summed E-state index contributed by atoms with van der Waals surface area (Å²) in [5.74, 6) is 1.25. The summed E-state index contributed by atoms with van der Waals surface area (Å²) in [6, 6.07) is 4.00. The van der Waals surface area contributed by atoms with Gasteiger partial charge in [0.25, 0.3) is 5.91 Å². The first-order chi connectivity index (χ1) is 13.2. The molecule has 0 saturated carbocycles. The van der Waals surface area contributed by atoms with Gasteiger partial charge in [-0.25, -0.2) is 15.0 Å². The smallest absolute Gasteiger partial charge is 0.257 e. The fourth-order valence-electron chi connectivity index (χ4n) is 3.65. The van der Waals surface area contributed by atoms with Gasteiger partial charge in [0.2, 0.25) is 0 Å². The normalized spacial score (nSPS) is 17.1. The van der Waals surface area contributed by atoms with Crippen LogP contribution in [0.25, 0.3) is 0 Å². The lowest BCUT2D eigenvalue weighted by Gasteiger charge is -2.33. The number of hydrogen-bond donors (Lipinski definition) is 0. The molecule has 1 aliphatic heterocycles. The number of imidazole rings is 1. The Bertz CT molecular complexity index is 923. The minimum Gasteiger partial charge on any atom is -0.338 e. The first-order valence-electron chi connectivity index (χ1n) is 9.18. The van der Waals surface area contributed by atoms with Gasteiger partial charge in [-0.1, -0.05) is 6.07 Å². The second-order valence-electron chi connectivity index (χ2n) is 6.89. The largest absolute Gasteiger partial charge is 0.338 e. The molecule has 1 unspecified atom stereocenters. The first-order valence-corrected chi connectivity index (χ1v) is 9.18. The van der Waals surface area contributed by atoms with E-state index in [0.717, 1.165) is 43.0 Å². The topological polar surface area (TPSA) is 76.8 Å². The molecule has 3 aromatic rings. The van der Waals surface area contributed by atoms with Crippen molar-refractivity contribution in [2.75, 3.05) is 13.1 Å². The van der Waals surface area contributed by atoms with E-state index in [4.69, 9.17) is 0 Å². The van der Waals surface area contributed by atoms with Crippen LogP contribution in [-0.4, -0.2) is 48.4 Å². The zero-order valence-corrected chi connectivity index (χ0v) is 15.3. The Hall–Kier alpha value is -3.09. The number of aryl methyl sites for hydroxylation is 1. The van der Waals surface area contributed by atoms with Crippen molar-refractivity contribution in [2.45, 2.75) is 32.2 Å². The van der Waals surface area contributed by atoms with Crippen molar-refractivity contribution >= 4 is 5.91 Å². The molecule has 4 rings (SSSR count). The van der Waals surface area contributed by atoms with Crippen molar-refractivity contribution in [1.82, 2.24) is 29.4 Å². The van der Waals surface area contributed by atoms with Gasteiger partial charge in [-0.3, -0.25) is 9.78 Å². The lowest BCUT2D eigenvalue weighted by atomic mass is 9.96. The highest BCUT2D eigenvalue weighted by Gasteiger charge is 2.28. The van der Waals surface area contributed by atoms with Crippen LogP contribution in [0.2, 0.25) is 0 Å². The van der Waals surface area contributed by atoms with Gasteiger partial charge < -0.3 is 9.47 Å². The van der Waals surface area contributed by atoms with E-state index >= 15 is 0 Å². The summed E-state index contributed by atoms with van der Waals surface area (Å²) in [5.41, 5.74) is 2.43. The Balaban J connectivity index is 1.52. The number of carbonyl (C=O) groups excluding carboxylic acids is 1. The molecular weight excluding hydrogens is 340 g/mol. The molecule has 138 valence electrons. The monoisotopic (exact) mass is 362 g/mol. The average molecular weight is 362 g/mol. The molecule has 0 radical (unpaired) electrons. The van der Waals surface area contributed by atoms with E-state index < -0.39 is 0 Å². The van der Waals surface area contributed by atoms with Crippen molar-refractivity contribution in [1.29, 1.82) is 0 Å². The average Bonchev–Trinajstić information content (AvgIpc) is 3.17. The first kappa shape index (κ1) is 17.3. The Morgan fingerprint density at radius 1 is 1.22 bits per heavy atom. The number of nitrogens with zero attached hydrogens (tertiary/aromatic N) is 6. The number of likely N-dealkylation sites (tertiary alicyclic amines) is 1. The minimum atomic E-state index is 0.00293. The predicted molar refractivity (Wildman–Crippen MR) is 100 cm³/mol. The maximum atomic E-state index is 12.9. The highest BCUT2D eigenvalue weighted by Crippen LogP contribution is 2.27. The molecular formula is C20H22N6O. The molecule has 0 bridgehead atoms. The number of piperidine rings is 1. The molecule has 0 aliphatic carbocycles. The number of rotatable bonds is 4. The second kappa shape index (κ2) is 7.65. The third kappa shape index (κ3) is 3.72. The second-order valence-corrected chi connectivity index (χ2v) is 6.89. The maximum absolute atomic E-state index is 12.9. The van der Waals surface area contributed by atoms with Gasteiger partial charge in [0.1, 0.15) is 12.2 Å². The molecule has 0 aromatic carbocycles. The van der Waals surface area contributed by atoms with Crippen LogP contribution in [0.4, 0.5) is 0 Å². The number of amides is 1. The summed E-state index contributed by atoms with van der Waals surface area (Å²) in [6.45, 7) is 4.00. The molecule has 1 atom stereocenters. The van der Waals surface area contributed by atoms with Crippen molar-refractivity contribution in [2.24, 2.45) is 0 Å². The maximum Gasteiger partial charge on any atom is 0.257 e. The Labute approximate surface area is 158 Å². The van der Waals surface area contributed by atoms with E-state index in [1.807, 2.05) is 36.5 Å². The Kier molecular flexibility index (Phi) is 4.91. The van der Waals surface area contributed by atoms with E-state index in [0.29, 0.717) is 12.1 Å². The SMILES string of the molecule is Cc1ncncc1C(=O)N1CCCC(c2nccn2Cc2cccnc2)C1. The highest BCUT2D eigenvalue weighted by molar-refractivity contribution is 5.95. The third-order valence-electron chi connectivity index (χ3n) is 5.04. The van der Waals surface area contributed by atoms with Crippen LogP contribution in [0.3, 0.4) is 0 Å². The van der Waals surface area contributed by atoms with Crippen LogP contribution in [0, 0.1) is 6.92 Å². The molecule has 0 N–H and O–H groups in total. The summed E-state index contributed by atoms with van der Waals surface area (Å²) in [5, 5.41) is 0. The molecule has 3 aromatic heterocycles. The van der Waals surface area contributed by atoms with E-state index in [-0.39, 0.29) is 11.8 Å². The highest BCUT2D eigenvalue weighted by atomic mass is 16.2. The van der Waals surface area contributed by atoms with Crippen LogP contribution in [-0.2, 0) is 6.54 Å². The summed E-state index contributed by atoms with van der Waals surface area (Å²) < 4.78 is 2.16. The van der Waals surface area contributed by atoms with Crippen molar-refractivity contribution in [3.8, 4) is 0 Å². The van der Waals surface area contributed by atoms with Gasteiger partial charge >= 0.3 is 0 Å². The van der Waals surface area contributed by atoms with Crippen molar-refractivity contribution in [3.63, 3.8) is 0 Å². The molecule has 7 nitrogen and oxygen atoms in total. The quantitative estimate of drug-likeness (QED) is 0.712. The van der Waals surface area contributed by atoms with Gasteiger partial charge in [0.15, 0.2) is 0 Å². The molecule has 1 amide bonds. The minimum absolute atomic E-state index is 0.00293. The zero-order valence-electron chi connectivity index (χ0n) is 15.3. The van der Waals surface area contributed by atoms with Gasteiger partial charge in [-0.2, -0.15) is 0 Å². The summed E-state index contributed by atoms with van der Waals surface area (Å²) >= 11 is 0. The molecule has 1 fully saturated rings. The third-order valence-corrected chi connectivity index (χ3v) is 5.04. The predicted octanol–water partition coefficient (Wildman–Crippen LogP) is 2.44. The molecule has 7 heteroatoms. The van der Waals surface area contributed by atoms with Gasteiger partial charge in [0, 0.05) is 50.0 Å². The van der Waals surface area contributed by atoms with Gasteiger partial charge in [-0.05, 0) is 31.4 Å². The summed E-state index contributed by atoms with van der Waals surface area (Å²) in [4.78, 5) is 31.8. The zero-order chi connectivity index (χ0) is 18.6. The van der Waals surface area contributed by atoms with Crippen molar-refractivity contribution < 1.29 is 4.79 Å². The standard InChI is InChI=1S/C20H22N6O/c1-15-18(11-22-14-24-15)20(27)26-8-3-5-17(13-26)19-23-7-9-25(19)12-16-4-2-6-21-10-16/h2,4,6-7,9-11,14,17H,3,5,8,12-13H2,1H3. The van der Waals surface area contributed by atoms with Crippen LogP contribution in [0.15, 0.2) is 49.4 Å². The van der Waals surface area contributed by atoms with Crippen LogP contribution < -0.4 is 0 Å². The fourth-order valence-corrected chi connectivity index (χ4v) is 3.65. The van der Waals surface area contributed by atoms with E-state index in [9.17, 15) is 4.79 Å². The lowest BCUT2D eigenvalue weighted by molar-refractivity contribution is 0.0701. The van der Waals surface area contributed by atoms with Crippen LogP contribution in [0.5, 0.6) is 0 Å². The number of aromatic nitrogens is 5. The number of pyridine rings is 1. The van der Waals surface area contributed by atoms with Crippen LogP contribution in [0.1, 0.15) is 46.2 Å². The van der Waals surface area contributed by atoms with Crippen molar-refractivity contribution in [3.05, 3.63) is 72.1 Å². The molecule has 0 spiro atoms. The lowest BCUT2D eigenvalue weighted by Crippen LogP contribution is -2.40. The molecule has 4 heterocycles. The van der Waals surface area contributed by atoms with E-state index in [1.54, 1.807) is 12.4 Å². The Morgan fingerprint density at radius 3 is 2.96 bits per heavy atom. The van der Waals surface area contributed by atoms with E-state index in [2.05, 4.69) is 30.6 Å². The molecule has 27 heavy (non-hydrogen) atoms. The summed E-state index contributed by atoms with van der Waals surface area (Å²) in [7, 11) is 0. The van der Waals surface area contributed by atoms with Crippen LogP contribution >= 0.6 is 0 Å². The number of carbonyl (C=O) groups is 1. The fraction of sp³-hybridized carbons (Fsp3) is 0.350. The summed E-state index contributed by atoms with van der Waals surface area (Å²) in [6.07, 6.45) is 12.6. The molecule has 1 aliphatic rings.